The Morgan fingerprint density at radius 3 is 2.48 bits per heavy atom. The maximum Gasteiger partial charge on any atom is 0.176 e. The first-order valence-electron chi connectivity index (χ1n) is 8.30. The molecule has 1 aliphatic carbocycles. The standard InChI is InChI=1S/C19H29NO/c1-14(2)16-8-10-17(11-9-16)19(21)13-20(4)18-7-5-6-15(3)12-18/h8-11,14-15,18H,5-7,12-13H2,1-4H3. The topological polar surface area (TPSA) is 20.3 Å². The summed E-state index contributed by atoms with van der Waals surface area (Å²) in [6, 6.07) is 8.71. The van der Waals surface area contributed by atoms with E-state index in [4.69, 9.17) is 0 Å². The van der Waals surface area contributed by atoms with Crippen molar-refractivity contribution in [3.63, 3.8) is 0 Å². The van der Waals surface area contributed by atoms with Gasteiger partial charge >= 0.3 is 0 Å². The Balaban J connectivity index is 1.94. The van der Waals surface area contributed by atoms with Crippen LogP contribution in [0.5, 0.6) is 0 Å². The van der Waals surface area contributed by atoms with Gasteiger partial charge in [-0.2, -0.15) is 0 Å². The number of carbonyl (C=O) groups is 1. The first-order chi connectivity index (χ1) is 9.97. The first-order valence-corrected chi connectivity index (χ1v) is 8.30. The summed E-state index contributed by atoms with van der Waals surface area (Å²) in [5, 5.41) is 0. The fourth-order valence-corrected chi connectivity index (χ4v) is 3.30. The van der Waals surface area contributed by atoms with E-state index >= 15 is 0 Å². The fourth-order valence-electron chi connectivity index (χ4n) is 3.30. The summed E-state index contributed by atoms with van der Waals surface area (Å²) < 4.78 is 0. The lowest BCUT2D eigenvalue weighted by molar-refractivity contribution is 0.0882. The lowest BCUT2D eigenvalue weighted by Crippen LogP contribution is -2.38. The number of benzene rings is 1. The Morgan fingerprint density at radius 2 is 1.90 bits per heavy atom. The second-order valence-electron chi connectivity index (χ2n) is 7.04. The van der Waals surface area contributed by atoms with E-state index < -0.39 is 0 Å². The van der Waals surface area contributed by atoms with Crippen LogP contribution in [0.2, 0.25) is 0 Å². The van der Waals surface area contributed by atoms with E-state index in [1.54, 1.807) is 0 Å². The van der Waals surface area contributed by atoms with Crippen LogP contribution in [0.1, 0.15) is 68.3 Å². The van der Waals surface area contributed by atoms with E-state index in [-0.39, 0.29) is 5.78 Å². The van der Waals surface area contributed by atoms with Gasteiger partial charge in [0.2, 0.25) is 0 Å². The van der Waals surface area contributed by atoms with Gasteiger partial charge in [-0.05, 0) is 37.3 Å². The van der Waals surface area contributed by atoms with Crippen molar-refractivity contribution in [3.05, 3.63) is 35.4 Å². The first kappa shape index (κ1) is 16.2. The summed E-state index contributed by atoms with van der Waals surface area (Å²) in [4.78, 5) is 14.7. The van der Waals surface area contributed by atoms with E-state index in [0.717, 1.165) is 11.5 Å². The summed E-state index contributed by atoms with van der Waals surface area (Å²) in [5.74, 6) is 1.55. The van der Waals surface area contributed by atoms with E-state index in [0.29, 0.717) is 18.5 Å². The molecule has 1 aromatic rings. The monoisotopic (exact) mass is 287 g/mol. The van der Waals surface area contributed by atoms with Crippen LogP contribution in [0.25, 0.3) is 0 Å². The van der Waals surface area contributed by atoms with Crippen LogP contribution in [-0.2, 0) is 0 Å². The molecule has 0 aromatic heterocycles. The van der Waals surface area contributed by atoms with Gasteiger partial charge in [-0.3, -0.25) is 9.69 Å². The smallest absolute Gasteiger partial charge is 0.176 e. The normalized spacial score (nSPS) is 22.8. The van der Waals surface area contributed by atoms with Crippen LogP contribution in [0.4, 0.5) is 0 Å². The van der Waals surface area contributed by atoms with Gasteiger partial charge in [0.05, 0.1) is 6.54 Å². The predicted molar refractivity (Wildman–Crippen MR) is 88.9 cm³/mol. The van der Waals surface area contributed by atoms with Crippen molar-refractivity contribution < 1.29 is 4.79 Å². The number of hydrogen-bond donors (Lipinski definition) is 0. The Kier molecular flexibility index (Phi) is 5.58. The van der Waals surface area contributed by atoms with Gasteiger partial charge in [0, 0.05) is 11.6 Å². The third-order valence-corrected chi connectivity index (χ3v) is 4.82. The van der Waals surface area contributed by atoms with Crippen molar-refractivity contribution in [1.82, 2.24) is 4.90 Å². The Bertz CT molecular complexity index is 463. The number of rotatable bonds is 5. The molecule has 1 aromatic carbocycles. The predicted octanol–water partition coefficient (Wildman–Crippen LogP) is 4.50. The molecule has 0 bridgehead atoms. The zero-order valence-corrected chi connectivity index (χ0v) is 13.9. The number of likely N-dealkylation sites (N-methyl/N-ethyl adjacent to an activating group) is 1. The van der Waals surface area contributed by atoms with Crippen LogP contribution in [0, 0.1) is 5.92 Å². The maximum absolute atomic E-state index is 12.4. The number of ketones is 1. The molecule has 0 N–H and O–H groups in total. The minimum atomic E-state index is 0.242. The highest BCUT2D eigenvalue weighted by Gasteiger charge is 2.23. The van der Waals surface area contributed by atoms with Gasteiger partial charge in [-0.1, -0.05) is 57.9 Å². The molecule has 1 aliphatic rings. The van der Waals surface area contributed by atoms with Crippen LogP contribution in [-0.4, -0.2) is 30.3 Å². The largest absolute Gasteiger partial charge is 0.296 e. The molecule has 21 heavy (non-hydrogen) atoms. The van der Waals surface area contributed by atoms with E-state index in [9.17, 15) is 4.79 Å². The van der Waals surface area contributed by atoms with Crippen molar-refractivity contribution in [2.75, 3.05) is 13.6 Å². The molecule has 1 saturated carbocycles. The minimum absolute atomic E-state index is 0.242. The number of Topliss-reactive ketones (excluding diaryl/α,β-unsaturated/α-hetero) is 1. The van der Waals surface area contributed by atoms with Crippen molar-refractivity contribution in [2.24, 2.45) is 5.92 Å². The van der Waals surface area contributed by atoms with Gasteiger partial charge in [0.15, 0.2) is 5.78 Å². The molecular weight excluding hydrogens is 258 g/mol. The molecular formula is C19H29NO. The maximum atomic E-state index is 12.4. The van der Waals surface area contributed by atoms with Crippen molar-refractivity contribution in [3.8, 4) is 0 Å². The summed E-state index contributed by atoms with van der Waals surface area (Å²) in [6.45, 7) is 7.22. The minimum Gasteiger partial charge on any atom is -0.296 e. The van der Waals surface area contributed by atoms with Crippen molar-refractivity contribution >= 4 is 5.78 Å². The molecule has 0 aliphatic heterocycles. The summed E-state index contributed by atoms with van der Waals surface area (Å²) in [5.41, 5.74) is 2.14. The molecule has 116 valence electrons. The fraction of sp³-hybridized carbons (Fsp3) is 0.632. The average molecular weight is 287 g/mol. The van der Waals surface area contributed by atoms with Gasteiger partial charge in [-0.25, -0.2) is 0 Å². The van der Waals surface area contributed by atoms with Crippen LogP contribution in [0.15, 0.2) is 24.3 Å². The van der Waals surface area contributed by atoms with E-state index in [1.165, 1.54) is 31.2 Å². The second kappa shape index (κ2) is 7.22. The second-order valence-corrected chi connectivity index (χ2v) is 7.04. The van der Waals surface area contributed by atoms with Gasteiger partial charge in [-0.15, -0.1) is 0 Å². The van der Waals surface area contributed by atoms with Gasteiger partial charge in [0.25, 0.3) is 0 Å². The molecule has 0 heterocycles. The number of hydrogen-bond acceptors (Lipinski definition) is 2. The third-order valence-electron chi connectivity index (χ3n) is 4.82. The van der Waals surface area contributed by atoms with Crippen LogP contribution >= 0.6 is 0 Å². The number of nitrogens with zero attached hydrogens (tertiary/aromatic N) is 1. The molecule has 0 spiro atoms. The van der Waals surface area contributed by atoms with Gasteiger partial charge in [0.1, 0.15) is 0 Å². The quantitative estimate of drug-likeness (QED) is 0.743. The molecule has 2 heteroatoms. The highest BCUT2D eigenvalue weighted by Crippen LogP contribution is 2.26. The number of carbonyl (C=O) groups excluding carboxylic acids is 1. The Morgan fingerprint density at radius 1 is 1.24 bits per heavy atom. The van der Waals surface area contributed by atoms with Crippen molar-refractivity contribution in [2.45, 2.75) is 58.4 Å². The van der Waals surface area contributed by atoms with Crippen LogP contribution < -0.4 is 0 Å². The molecule has 0 saturated heterocycles. The molecule has 2 rings (SSSR count). The molecule has 2 unspecified atom stereocenters. The molecule has 2 atom stereocenters. The Labute approximate surface area is 129 Å². The molecule has 0 amide bonds. The molecule has 0 radical (unpaired) electrons. The summed E-state index contributed by atoms with van der Waals surface area (Å²) in [6.07, 6.45) is 5.11. The lowest BCUT2D eigenvalue weighted by atomic mass is 9.86. The zero-order chi connectivity index (χ0) is 15.4. The van der Waals surface area contributed by atoms with E-state index in [2.05, 4.69) is 44.9 Å². The molecule has 1 fully saturated rings. The SMILES string of the molecule is CC1CCCC(N(C)CC(=O)c2ccc(C(C)C)cc2)C1. The van der Waals surface area contributed by atoms with Crippen LogP contribution in [0.3, 0.4) is 0 Å². The van der Waals surface area contributed by atoms with Gasteiger partial charge < -0.3 is 0 Å². The average Bonchev–Trinajstić information content (AvgIpc) is 2.47. The van der Waals surface area contributed by atoms with E-state index in [1.807, 2.05) is 12.1 Å². The lowest BCUT2D eigenvalue weighted by Gasteiger charge is -2.33. The third kappa shape index (κ3) is 4.41. The molecule has 2 nitrogen and oxygen atoms in total. The Hall–Kier alpha value is -1.15. The summed E-state index contributed by atoms with van der Waals surface area (Å²) in [7, 11) is 2.10. The van der Waals surface area contributed by atoms with Crippen molar-refractivity contribution in [1.29, 1.82) is 0 Å². The summed E-state index contributed by atoms with van der Waals surface area (Å²) >= 11 is 0. The highest BCUT2D eigenvalue weighted by molar-refractivity contribution is 5.97. The zero-order valence-electron chi connectivity index (χ0n) is 13.9. The highest BCUT2D eigenvalue weighted by atomic mass is 16.1.